The van der Waals surface area contributed by atoms with E-state index in [4.69, 9.17) is 5.73 Å². The molecule has 0 aliphatic rings. The molecule has 0 aliphatic carbocycles. The number of aromatic nitrogens is 3. The van der Waals surface area contributed by atoms with Crippen molar-refractivity contribution in [3.63, 3.8) is 0 Å². The van der Waals surface area contributed by atoms with Crippen LogP contribution in [0.4, 0.5) is 0 Å². The van der Waals surface area contributed by atoms with Crippen LogP contribution in [0.1, 0.15) is 20.3 Å². The lowest BCUT2D eigenvalue weighted by Crippen LogP contribution is -2.49. The minimum absolute atomic E-state index is 0. The highest BCUT2D eigenvalue weighted by molar-refractivity contribution is 5.85. The van der Waals surface area contributed by atoms with Crippen LogP contribution < -0.4 is 16.6 Å². The summed E-state index contributed by atoms with van der Waals surface area (Å²) in [6.45, 7) is 4.21. The molecule has 0 saturated carbocycles. The Hall–Kier alpha value is -1.99. The number of nitrogens with two attached hydrogens (primary N) is 1. The Morgan fingerprint density at radius 1 is 1.36 bits per heavy atom. The smallest absolute Gasteiger partial charge is 0.277 e. The summed E-state index contributed by atoms with van der Waals surface area (Å²) in [6.07, 6.45) is 0.149. The number of carbonyl (C=O) groups is 1. The average Bonchev–Trinajstić information content (AvgIpc) is 2.46. The molecule has 1 aromatic carbocycles. The van der Waals surface area contributed by atoms with E-state index in [0.29, 0.717) is 17.4 Å². The van der Waals surface area contributed by atoms with Gasteiger partial charge < -0.3 is 11.1 Å². The number of nitrogens with one attached hydrogen (secondary N) is 1. The second kappa shape index (κ2) is 7.33. The van der Waals surface area contributed by atoms with Crippen molar-refractivity contribution in [1.29, 1.82) is 0 Å². The van der Waals surface area contributed by atoms with Gasteiger partial charge >= 0.3 is 0 Å². The van der Waals surface area contributed by atoms with Gasteiger partial charge in [-0.1, -0.05) is 17.3 Å². The maximum atomic E-state index is 12.2. The molecule has 8 heteroatoms. The lowest BCUT2D eigenvalue weighted by Gasteiger charge is -2.24. The van der Waals surface area contributed by atoms with Crippen molar-refractivity contribution < 1.29 is 4.79 Å². The highest BCUT2D eigenvalue weighted by atomic mass is 35.5. The van der Waals surface area contributed by atoms with Gasteiger partial charge in [0.2, 0.25) is 5.91 Å². The first-order valence-corrected chi connectivity index (χ1v) is 6.76. The zero-order valence-corrected chi connectivity index (χ0v) is 13.4. The summed E-state index contributed by atoms with van der Waals surface area (Å²) in [6, 6.07) is 6.99. The Morgan fingerprint density at radius 2 is 2.05 bits per heavy atom. The molecule has 22 heavy (non-hydrogen) atoms. The fourth-order valence-corrected chi connectivity index (χ4v) is 1.87. The van der Waals surface area contributed by atoms with Crippen LogP contribution in [0.2, 0.25) is 0 Å². The van der Waals surface area contributed by atoms with E-state index >= 15 is 0 Å². The molecule has 120 valence electrons. The second-order valence-electron chi connectivity index (χ2n) is 5.52. The Kier molecular flexibility index (Phi) is 6.01. The molecule has 0 radical (unpaired) electrons. The fourth-order valence-electron chi connectivity index (χ4n) is 1.87. The van der Waals surface area contributed by atoms with Gasteiger partial charge in [0.15, 0.2) is 0 Å². The molecule has 0 fully saturated rings. The SMILES string of the molecule is CC(C)(CN)NC(=O)CCn1nnc2ccccc2c1=O.Cl. The van der Waals surface area contributed by atoms with Crippen LogP contribution in [0.25, 0.3) is 10.9 Å². The van der Waals surface area contributed by atoms with E-state index in [9.17, 15) is 9.59 Å². The van der Waals surface area contributed by atoms with Gasteiger partial charge in [-0.3, -0.25) is 9.59 Å². The number of rotatable bonds is 5. The maximum Gasteiger partial charge on any atom is 0.277 e. The third-order valence-corrected chi connectivity index (χ3v) is 3.17. The molecule has 3 N–H and O–H groups in total. The predicted molar refractivity (Wildman–Crippen MR) is 86.9 cm³/mol. The van der Waals surface area contributed by atoms with E-state index in [1.807, 2.05) is 13.8 Å². The molecular weight excluding hydrogens is 306 g/mol. The van der Waals surface area contributed by atoms with E-state index in [-0.39, 0.29) is 36.8 Å². The van der Waals surface area contributed by atoms with Gasteiger partial charge in [0.1, 0.15) is 5.52 Å². The third kappa shape index (κ3) is 4.25. The van der Waals surface area contributed by atoms with Crippen molar-refractivity contribution in [2.24, 2.45) is 5.73 Å². The van der Waals surface area contributed by atoms with Crippen LogP contribution in [0, 0.1) is 0 Å². The fraction of sp³-hybridized carbons (Fsp3) is 0.429. The molecule has 0 aliphatic heterocycles. The molecule has 0 unspecified atom stereocenters. The number of hydrogen-bond donors (Lipinski definition) is 2. The molecule has 0 bridgehead atoms. The Bertz CT molecular complexity index is 714. The standard InChI is InChI=1S/C14H19N5O2.ClH/c1-14(2,9-15)16-12(20)7-8-19-13(21)10-5-3-4-6-11(10)17-18-19;/h3-6H,7-9,15H2,1-2H3,(H,16,20);1H. The number of nitrogens with zero attached hydrogens (tertiary/aromatic N) is 3. The largest absolute Gasteiger partial charge is 0.350 e. The number of hydrogen-bond acceptors (Lipinski definition) is 5. The van der Waals surface area contributed by atoms with Crippen molar-refractivity contribution >= 4 is 29.2 Å². The first-order valence-electron chi connectivity index (χ1n) is 6.76. The number of amides is 1. The molecule has 2 aromatic rings. The molecule has 1 heterocycles. The average molecular weight is 326 g/mol. The van der Waals surface area contributed by atoms with E-state index < -0.39 is 5.54 Å². The summed E-state index contributed by atoms with van der Waals surface area (Å²) >= 11 is 0. The highest BCUT2D eigenvalue weighted by Crippen LogP contribution is 2.04. The number of carbonyl (C=O) groups excluding carboxylic acids is 1. The quantitative estimate of drug-likeness (QED) is 0.831. The topological polar surface area (TPSA) is 103 Å². The molecule has 2 rings (SSSR count). The van der Waals surface area contributed by atoms with Gasteiger partial charge in [0.05, 0.1) is 11.9 Å². The van der Waals surface area contributed by atoms with Crippen LogP contribution in [0.3, 0.4) is 0 Å². The normalized spacial score (nSPS) is 11.0. The summed E-state index contributed by atoms with van der Waals surface area (Å²) in [4.78, 5) is 24.0. The van der Waals surface area contributed by atoms with E-state index in [1.165, 1.54) is 4.68 Å². The highest BCUT2D eigenvalue weighted by Gasteiger charge is 2.18. The number of aryl methyl sites for hydroxylation is 1. The molecule has 1 aromatic heterocycles. The zero-order chi connectivity index (χ0) is 15.5. The molecule has 0 atom stereocenters. The second-order valence-corrected chi connectivity index (χ2v) is 5.52. The van der Waals surface area contributed by atoms with Crippen molar-refractivity contribution in [2.75, 3.05) is 6.54 Å². The van der Waals surface area contributed by atoms with Crippen molar-refractivity contribution in [2.45, 2.75) is 32.4 Å². The van der Waals surface area contributed by atoms with Crippen molar-refractivity contribution in [1.82, 2.24) is 20.3 Å². The molecule has 7 nitrogen and oxygen atoms in total. The number of fused-ring (bicyclic) bond motifs is 1. The van der Waals surface area contributed by atoms with Crippen LogP contribution in [0.5, 0.6) is 0 Å². The minimum atomic E-state index is -0.461. The van der Waals surface area contributed by atoms with Crippen LogP contribution in [0.15, 0.2) is 29.1 Å². The van der Waals surface area contributed by atoms with Crippen molar-refractivity contribution in [3.8, 4) is 0 Å². The van der Waals surface area contributed by atoms with Gasteiger partial charge in [0, 0.05) is 18.5 Å². The summed E-state index contributed by atoms with van der Waals surface area (Å²) in [5.74, 6) is -0.174. The predicted octanol–water partition coefficient (Wildman–Crippen LogP) is 0.457. The van der Waals surface area contributed by atoms with E-state index in [0.717, 1.165) is 0 Å². The Balaban J connectivity index is 0.00000242. The lowest BCUT2D eigenvalue weighted by molar-refractivity contribution is -0.122. The van der Waals surface area contributed by atoms with Gasteiger partial charge in [-0.25, -0.2) is 4.68 Å². The number of benzene rings is 1. The summed E-state index contributed by atoms with van der Waals surface area (Å²) in [5.41, 5.74) is 5.40. The van der Waals surface area contributed by atoms with Gasteiger partial charge in [-0.15, -0.1) is 17.5 Å². The molecule has 1 amide bonds. The van der Waals surface area contributed by atoms with E-state index in [1.54, 1.807) is 24.3 Å². The number of halogens is 1. The first-order chi connectivity index (χ1) is 9.93. The first kappa shape index (κ1) is 18.1. The van der Waals surface area contributed by atoms with Gasteiger partial charge in [0.25, 0.3) is 5.56 Å². The van der Waals surface area contributed by atoms with Gasteiger partial charge in [-0.05, 0) is 26.0 Å². The zero-order valence-electron chi connectivity index (χ0n) is 12.6. The third-order valence-electron chi connectivity index (χ3n) is 3.17. The summed E-state index contributed by atoms with van der Waals surface area (Å²) in [7, 11) is 0. The van der Waals surface area contributed by atoms with Crippen molar-refractivity contribution in [3.05, 3.63) is 34.6 Å². The summed E-state index contributed by atoms with van der Waals surface area (Å²) in [5, 5.41) is 11.1. The van der Waals surface area contributed by atoms with Crippen LogP contribution in [-0.2, 0) is 11.3 Å². The van der Waals surface area contributed by atoms with E-state index in [2.05, 4.69) is 15.6 Å². The van der Waals surface area contributed by atoms with Crippen LogP contribution in [-0.4, -0.2) is 33.0 Å². The monoisotopic (exact) mass is 325 g/mol. The summed E-state index contributed by atoms with van der Waals surface area (Å²) < 4.78 is 1.21. The molecule has 0 saturated heterocycles. The Labute approximate surface area is 134 Å². The lowest BCUT2D eigenvalue weighted by atomic mass is 10.1. The Morgan fingerprint density at radius 3 is 2.73 bits per heavy atom. The molecule has 0 spiro atoms. The minimum Gasteiger partial charge on any atom is -0.350 e. The van der Waals surface area contributed by atoms with Gasteiger partial charge in [-0.2, -0.15) is 0 Å². The maximum absolute atomic E-state index is 12.2. The molecular formula is C14H20ClN5O2. The van der Waals surface area contributed by atoms with Crippen LogP contribution >= 0.6 is 12.4 Å².